The summed E-state index contributed by atoms with van der Waals surface area (Å²) in [7, 11) is -1.82. The molecule has 0 saturated carbocycles. The third-order valence-corrected chi connectivity index (χ3v) is 5.38. The maximum atomic E-state index is 12.3. The molecule has 1 aromatic rings. The van der Waals surface area contributed by atoms with E-state index in [9.17, 15) is 8.42 Å². The van der Waals surface area contributed by atoms with Crippen LogP contribution in [0.15, 0.2) is 28.5 Å². The predicted molar refractivity (Wildman–Crippen MR) is 80.9 cm³/mol. The fraction of sp³-hybridized carbons (Fsp3) is 0.538. The molecule has 108 valence electrons. The lowest BCUT2D eigenvalue weighted by atomic mass is 10.4. The van der Waals surface area contributed by atoms with Gasteiger partial charge in [-0.2, -0.15) is 4.31 Å². The molecule has 0 fully saturated rings. The van der Waals surface area contributed by atoms with E-state index in [1.54, 1.807) is 18.5 Å². The maximum Gasteiger partial charge on any atom is 0.243 e. The molecule has 0 unspecified atom stereocenters. The number of likely N-dealkylation sites (N-methyl/N-ethyl adjacent to an activating group) is 1. The van der Waals surface area contributed by atoms with Crippen LogP contribution in [0.3, 0.4) is 0 Å². The van der Waals surface area contributed by atoms with Crippen molar-refractivity contribution in [2.45, 2.75) is 38.3 Å². The number of nitrogens with zero attached hydrogens (tertiary/aromatic N) is 1. The zero-order chi connectivity index (χ0) is 14.6. The topological polar surface area (TPSA) is 49.4 Å². The molecule has 0 amide bonds. The lowest BCUT2D eigenvalue weighted by Crippen LogP contribution is -2.28. The van der Waals surface area contributed by atoms with Crippen LogP contribution in [0.25, 0.3) is 0 Å². The van der Waals surface area contributed by atoms with Gasteiger partial charge in [-0.05, 0) is 13.0 Å². The van der Waals surface area contributed by atoms with Gasteiger partial charge in [-0.25, -0.2) is 8.42 Å². The molecule has 0 radical (unpaired) electrons. The van der Waals surface area contributed by atoms with Crippen LogP contribution in [0, 0.1) is 0 Å². The first-order chi connectivity index (χ1) is 8.73. The lowest BCUT2D eigenvalue weighted by Gasteiger charge is -2.15. The first kappa shape index (κ1) is 16.4. The van der Waals surface area contributed by atoms with Gasteiger partial charge in [-0.15, -0.1) is 11.3 Å². The fourth-order valence-corrected chi connectivity index (χ4v) is 3.98. The van der Waals surface area contributed by atoms with Gasteiger partial charge in [-0.1, -0.05) is 26.0 Å². The van der Waals surface area contributed by atoms with Gasteiger partial charge >= 0.3 is 0 Å². The van der Waals surface area contributed by atoms with Gasteiger partial charge in [0.15, 0.2) is 0 Å². The number of sulfonamides is 1. The first-order valence-electron chi connectivity index (χ1n) is 6.15. The van der Waals surface area contributed by atoms with Crippen LogP contribution in [-0.4, -0.2) is 32.4 Å². The van der Waals surface area contributed by atoms with Gasteiger partial charge in [0, 0.05) is 36.4 Å². The molecule has 0 aromatic carbocycles. The van der Waals surface area contributed by atoms with Crippen LogP contribution < -0.4 is 5.32 Å². The Morgan fingerprint density at radius 3 is 2.68 bits per heavy atom. The van der Waals surface area contributed by atoms with E-state index in [2.05, 4.69) is 25.7 Å². The highest BCUT2D eigenvalue weighted by atomic mass is 32.2. The number of nitrogens with one attached hydrogen (secondary N) is 1. The predicted octanol–water partition coefficient (Wildman–Crippen LogP) is 2.44. The van der Waals surface area contributed by atoms with E-state index < -0.39 is 10.0 Å². The largest absolute Gasteiger partial charge is 0.310 e. The maximum absolute atomic E-state index is 12.3. The average Bonchev–Trinajstić information content (AvgIpc) is 2.74. The van der Waals surface area contributed by atoms with Crippen molar-refractivity contribution in [1.29, 1.82) is 0 Å². The van der Waals surface area contributed by atoms with Crippen LogP contribution in [0.4, 0.5) is 0 Å². The van der Waals surface area contributed by atoms with Crippen molar-refractivity contribution in [3.8, 4) is 0 Å². The second-order valence-electron chi connectivity index (χ2n) is 5.00. The molecule has 0 aliphatic heterocycles. The Bertz CT molecular complexity index is 533. The van der Waals surface area contributed by atoms with E-state index in [0.29, 0.717) is 24.0 Å². The molecular formula is C13H22N2O2S2. The highest BCUT2D eigenvalue weighted by Gasteiger charge is 2.22. The molecule has 0 aliphatic rings. The minimum atomic E-state index is -3.40. The van der Waals surface area contributed by atoms with Crippen molar-refractivity contribution in [2.24, 2.45) is 0 Å². The molecule has 1 N–H and O–H groups in total. The van der Waals surface area contributed by atoms with Gasteiger partial charge in [0.1, 0.15) is 0 Å². The van der Waals surface area contributed by atoms with E-state index in [4.69, 9.17) is 0 Å². The summed E-state index contributed by atoms with van der Waals surface area (Å²) in [6.45, 7) is 10.7. The molecule has 0 bridgehead atoms. The van der Waals surface area contributed by atoms with Crippen molar-refractivity contribution in [1.82, 2.24) is 9.62 Å². The van der Waals surface area contributed by atoms with Crippen molar-refractivity contribution in [3.05, 3.63) is 28.5 Å². The SMILES string of the molecule is C=C(C)CN(C)S(=O)(=O)c1csc(CNC(C)C)c1. The normalized spacial score (nSPS) is 12.3. The second-order valence-corrected chi connectivity index (χ2v) is 8.04. The van der Waals surface area contributed by atoms with Crippen molar-refractivity contribution < 1.29 is 8.42 Å². The van der Waals surface area contributed by atoms with E-state index >= 15 is 0 Å². The number of rotatable bonds is 7. The third kappa shape index (κ3) is 4.72. The molecule has 0 saturated heterocycles. The van der Waals surface area contributed by atoms with Gasteiger partial charge in [0.2, 0.25) is 10.0 Å². The molecule has 0 spiro atoms. The highest BCUT2D eigenvalue weighted by Crippen LogP contribution is 2.22. The summed E-state index contributed by atoms with van der Waals surface area (Å²) in [5.74, 6) is 0. The van der Waals surface area contributed by atoms with E-state index in [0.717, 1.165) is 10.5 Å². The fourth-order valence-electron chi connectivity index (χ4n) is 1.54. The molecule has 19 heavy (non-hydrogen) atoms. The van der Waals surface area contributed by atoms with E-state index in [1.165, 1.54) is 15.6 Å². The zero-order valence-electron chi connectivity index (χ0n) is 11.9. The van der Waals surface area contributed by atoms with Gasteiger partial charge in [0.05, 0.1) is 4.90 Å². The summed E-state index contributed by atoms with van der Waals surface area (Å²) in [4.78, 5) is 1.39. The monoisotopic (exact) mass is 302 g/mol. The van der Waals surface area contributed by atoms with Crippen LogP contribution in [0.1, 0.15) is 25.6 Å². The Labute approximate surface area is 120 Å². The molecular weight excluding hydrogens is 280 g/mol. The molecule has 1 heterocycles. The summed E-state index contributed by atoms with van der Waals surface area (Å²) in [6.07, 6.45) is 0. The Morgan fingerprint density at radius 1 is 1.53 bits per heavy atom. The van der Waals surface area contributed by atoms with Gasteiger partial charge in [-0.3, -0.25) is 0 Å². The summed E-state index contributed by atoms with van der Waals surface area (Å²) < 4.78 is 25.9. The second kappa shape index (κ2) is 6.65. The van der Waals surface area contributed by atoms with E-state index in [1.807, 2.05) is 6.92 Å². The smallest absolute Gasteiger partial charge is 0.243 e. The summed E-state index contributed by atoms with van der Waals surface area (Å²) in [5.41, 5.74) is 0.822. The van der Waals surface area contributed by atoms with Crippen LogP contribution in [0.2, 0.25) is 0 Å². The standard InChI is InChI=1S/C13H22N2O2S2/c1-10(2)8-15(5)19(16,17)13-6-12(18-9-13)7-14-11(3)4/h6,9,11,14H,1,7-8H2,2-5H3. The molecule has 1 aromatic heterocycles. The number of thiophene rings is 1. The molecule has 1 rings (SSSR count). The van der Waals surface area contributed by atoms with Crippen LogP contribution in [0.5, 0.6) is 0 Å². The van der Waals surface area contributed by atoms with E-state index in [-0.39, 0.29) is 0 Å². The van der Waals surface area contributed by atoms with Crippen molar-refractivity contribution >= 4 is 21.4 Å². The van der Waals surface area contributed by atoms with Crippen LogP contribution >= 0.6 is 11.3 Å². The minimum Gasteiger partial charge on any atom is -0.310 e. The quantitative estimate of drug-likeness (QED) is 0.787. The van der Waals surface area contributed by atoms with Crippen LogP contribution in [-0.2, 0) is 16.6 Å². The highest BCUT2D eigenvalue weighted by molar-refractivity contribution is 7.89. The average molecular weight is 302 g/mol. The molecule has 0 atom stereocenters. The Kier molecular flexibility index (Phi) is 5.73. The summed E-state index contributed by atoms with van der Waals surface area (Å²) >= 11 is 1.46. The lowest BCUT2D eigenvalue weighted by molar-refractivity contribution is 0.493. The Morgan fingerprint density at radius 2 is 2.16 bits per heavy atom. The molecule has 0 aliphatic carbocycles. The third-order valence-electron chi connectivity index (χ3n) is 2.51. The molecule has 6 heteroatoms. The Hall–Kier alpha value is -0.690. The first-order valence-corrected chi connectivity index (χ1v) is 8.47. The number of hydrogen-bond donors (Lipinski definition) is 1. The Balaban J connectivity index is 2.82. The molecule has 4 nitrogen and oxygen atoms in total. The zero-order valence-corrected chi connectivity index (χ0v) is 13.6. The van der Waals surface area contributed by atoms with Gasteiger partial charge < -0.3 is 5.32 Å². The summed E-state index contributed by atoms with van der Waals surface area (Å²) in [5, 5.41) is 4.97. The summed E-state index contributed by atoms with van der Waals surface area (Å²) in [6, 6.07) is 2.12. The van der Waals surface area contributed by atoms with Crippen molar-refractivity contribution in [3.63, 3.8) is 0 Å². The minimum absolute atomic E-state index is 0.345. The van der Waals surface area contributed by atoms with Crippen molar-refractivity contribution in [2.75, 3.05) is 13.6 Å². The number of hydrogen-bond acceptors (Lipinski definition) is 4. The van der Waals surface area contributed by atoms with Gasteiger partial charge in [0.25, 0.3) is 0 Å².